The number of phenolic OH excluding ortho intramolecular Hbond substituents is 1. The Morgan fingerprint density at radius 1 is 1.43 bits per heavy atom. The molecule has 0 spiro atoms. The fourth-order valence-corrected chi connectivity index (χ4v) is 2.50. The van der Waals surface area contributed by atoms with Crippen molar-refractivity contribution >= 4 is 17.3 Å². The number of benzene rings is 1. The lowest BCUT2D eigenvalue weighted by atomic mass is 9.93. The number of piperidine rings is 1. The highest BCUT2D eigenvalue weighted by atomic mass is 16.6. The van der Waals surface area contributed by atoms with Gasteiger partial charge in [-0.05, 0) is 50.4 Å². The van der Waals surface area contributed by atoms with Gasteiger partial charge in [-0.1, -0.05) is 0 Å². The number of phenols is 1. The maximum atomic E-state index is 11.9. The molecule has 1 aliphatic heterocycles. The molecule has 21 heavy (non-hydrogen) atoms. The van der Waals surface area contributed by atoms with Crippen LogP contribution in [0.15, 0.2) is 18.2 Å². The quantitative estimate of drug-likeness (QED) is 0.437. The van der Waals surface area contributed by atoms with Gasteiger partial charge in [0.15, 0.2) is 0 Å². The highest BCUT2D eigenvalue weighted by Gasteiger charge is 2.18. The maximum Gasteiger partial charge on any atom is 0.296 e. The first kappa shape index (κ1) is 15.2. The van der Waals surface area contributed by atoms with Gasteiger partial charge in [-0.25, -0.2) is 0 Å². The normalized spacial score (nSPS) is 15.6. The van der Waals surface area contributed by atoms with E-state index in [2.05, 4.69) is 10.6 Å². The number of anilines is 1. The number of carbonyl (C=O) groups is 1. The summed E-state index contributed by atoms with van der Waals surface area (Å²) in [7, 11) is 0. The SMILES string of the molecule is O=C(CCC1CCNCC1)Nc1ccc(O)cc1[N+](=O)[O-]. The van der Waals surface area contributed by atoms with Crippen molar-refractivity contribution in [2.24, 2.45) is 5.92 Å². The lowest BCUT2D eigenvalue weighted by Crippen LogP contribution is -2.28. The van der Waals surface area contributed by atoms with Crippen LogP contribution in [-0.2, 0) is 4.79 Å². The third-order valence-electron chi connectivity index (χ3n) is 3.69. The first-order valence-electron chi connectivity index (χ1n) is 7.04. The third kappa shape index (κ3) is 4.42. The lowest BCUT2D eigenvalue weighted by Gasteiger charge is -2.22. The molecule has 0 aliphatic carbocycles. The van der Waals surface area contributed by atoms with Crippen LogP contribution < -0.4 is 10.6 Å². The van der Waals surface area contributed by atoms with Crippen molar-refractivity contribution in [3.8, 4) is 5.75 Å². The second kappa shape index (κ2) is 7.03. The molecule has 1 saturated heterocycles. The van der Waals surface area contributed by atoms with E-state index < -0.39 is 4.92 Å². The van der Waals surface area contributed by atoms with Crippen LogP contribution in [0.3, 0.4) is 0 Å². The largest absolute Gasteiger partial charge is 0.508 e. The van der Waals surface area contributed by atoms with Crippen LogP contribution in [0.5, 0.6) is 5.75 Å². The van der Waals surface area contributed by atoms with Crippen molar-refractivity contribution in [3.63, 3.8) is 0 Å². The number of nitro benzene ring substituents is 1. The molecule has 2 rings (SSSR count). The molecule has 0 radical (unpaired) electrons. The van der Waals surface area contributed by atoms with Crippen molar-refractivity contribution in [1.29, 1.82) is 0 Å². The second-order valence-corrected chi connectivity index (χ2v) is 5.24. The lowest BCUT2D eigenvalue weighted by molar-refractivity contribution is -0.384. The smallest absolute Gasteiger partial charge is 0.296 e. The molecule has 1 aromatic carbocycles. The number of nitrogens with one attached hydrogen (secondary N) is 2. The van der Waals surface area contributed by atoms with Crippen molar-refractivity contribution < 1.29 is 14.8 Å². The molecule has 0 atom stereocenters. The predicted molar refractivity (Wildman–Crippen MR) is 78.2 cm³/mol. The number of carbonyl (C=O) groups excluding carboxylic acids is 1. The summed E-state index contributed by atoms with van der Waals surface area (Å²) in [5, 5.41) is 26.0. The Morgan fingerprint density at radius 2 is 2.14 bits per heavy atom. The summed E-state index contributed by atoms with van der Waals surface area (Å²) in [6, 6.07) is 3.69. The summed E-state index contributed by atoms with van der Waals surface area (Å²) >= 11 is 0. The Hall–Kier alpha value is -2.15. The van der Waals surface area contributed by atoms with Crippen LogP contribution in [-0.4, -0.2) is 29.0 Å². The van der Waals surface area contributed by atoms with Gasteiger partial charge in [-0.15, -0.1) is 0 Å². The van der Waals surface area contributed by atoms with E-state index in [0.717, 1.165) is 38.4 Å². The minimum absolute atomic E-state index is 0.119. The van der Waals surface area contributed by atoms with Gasteiger partial charge >= 0.3 is 0 Å². The highest BCUT2D eigenvalue weighted by molar-refractivity contribution is 5.93. The summed E-state index contributed by atoms with van der Waals surface area (Å²) in [5.41, 5.74) is -0.182. The minimum atomic E-state index is -0.623. The fraction of sp³-hybridized carbons (Fsp3) is 0.500. The highest BCUT2D eigenvalue weighted by Crippen LogP contribution is 2.28. The Bertz CT molecular complexity index is 527. The molecule has 1 heterocycles. The van der Waals surface area contributed by atoms with Crippen LogP contribution in [0.4, 0.5) is 11.4 Å². The molecule has 1 aromatic rings. The zero-order chi connectivity index (χ0) is 15.2. The summed E-state index contributed by atoms with van der Waals surface area (Å²) in [5.74, 6) is 0.100. The van der Waals surface area contributed by atoms with Crippen molar-refractivity contribution in [2.45, 2.75) is 25.7 Å². The van der Waals surface area contributed by atoms with E-state index in [1.165, 1.54) is 12.1 Å². The fourth-order valence-electron chi connectivity index (χ4n) is 2.50. The first-order chi connectivity index (χ1) is 10.1. The summed E-state index contributed by atoms with van der Waals surface area (Å²) < 4.78 is 0. The van der Waals surface area contributed by atoms with Crippen LogP contribution in [0, 0.1) is 16.0 Å². The monoisotopic (exact) mass is 293 g/mol. The molecule has 1 amide bonds. The van der Waals surface area contributed by atoms with Gasteiger partial charge in [0, 0.05) is 6.42 Å². The number of amides is 1. The molecular formula is C14H19N3O4. The number of nitrogens with zero attached hydrogens (tertiary/aromatic N) is 1. The van der Waals surface area contributed by atoms with Crippen molar-refractivity contribution in [1.82, 2.24) is 5.32 Å². The van der Waals surface area contributed by atoms with E-state index in [9.17, 15) is 20.0 Å². The summed E-state index contributed by atoms with van der Waals surface area (Å²) in [6.45, 7) is 1.96. The van der Waals surface area contributed by atoms with Crippen LogP contribution in [0.25, 0.3) is 0 Å². The minimum Gasteiger partial charge on any atom is -0.508 e. The molecule has 0 bridgehead atoms. The van der Waals surface area contributed by atoms with E-state index >= 15 is 0 Å². The first-order valence-corrected chi connectivity index (χ1v) is 7.04. The molecule has 0 unspecified atom stereocenters. The van der Waals surface area contributed by atoms with E-state index in [1.54, 1.807) is 0 Å². The molecule has 3 N–H and O–H groups in total. The van der Waals surface area contributed by atoms with E-state index in [-0.39, 0.29) is 23.0 Å². The van der Waals surface area contributed by atoms with Gasteiger partial charge in [0.1, 0.15) is 11.4 Å². The molecular weight excluding hydrogens is 274 g/mol. The van der Waals surface area contributed by atoms with Gasteiger partial charge < -0.3 is 15.7 Å². The van der Waals surface area contributed by atoms with Crippen LogP contribution in [0.2, 0.25) is 0 Å². The number of rotatable bonds is 5. The molecule has 1 fully saturated rings. The van der Waals surface area contributed by atoms with Crippen LogP contribution in [0.1, 0.15) is 25.7 Å². The number of aromatic hydroxyl groups is 1. The molecule has 0 aromatic heterocycles. The Labute approximate surface area is 122 Å². The van der Waals surface area contributed by atoms with Gasteiger partial charge in [0.25, 0.3) is 5.69 Å². The summed E-state index contributed by atoms with van der Waals surface area (Å²) in [4.78, 5) is 22.2. The zero-order valence-electron chi connectivity index (χ0n) is 11.7. The van der Waals surface area contributed by atoms with Gasteiger partial charge in [-0.3, -0.25) is 14.9 Å². The van der Waals surface area contributed by atoms with Crippen molar-refractivity contribution in [3.05, 3.63) is 28.3 Å². The van der Waals surface area contributed by atoms with E-state index in [0.29, 0.717) is 12.3 Å². The Kier molecular flexibility index (Phi) is 5.10. The van der Waals surface area contributed by atoms with Gasteiger partial charge in [-0.2, -0.15) is 0 Å². The van der Waals surface area contributed by atoms with Gasteiger partial charge in [0.05, 0.1) is 11.0 Å². The molecule has 1 aliphatic rings. The average molecular weight is 293 g/mol. The van der Waals surface area contributed by atoms with Crippen LogP contribution >= 0.6 is 0 Å². The number of hydrogen-bond acceptors (Lipinski definition) is 5. The maximum absolute atomic E-state index is 11.9. The van der Waals surface area contributed by atoms with E-state index in [1.807, 2.05) is 0 Å². The van der Waals surface area contributed by atoms with Gasteiger partial charge in [0.2, 0.25) is 5.91 Å². The number of hydrogen-bond donors (Lipinski definition) is 3. The predicted octanol–water partition coefficient (Wildman–Crippen LogP) is 2.02. The summed E-state index contributed by atoms with van der Waals surface area (Å²) in [6.07, 6.45) is 3.27. The van der Waals surface area contributed by atoms with Crippen molar-refractivity contribution in [2.75, 3.05) is 18.4 Å². The average Bonchev–Trinajstić information content (AvgIpc) is 2.48. The molecule has 114 valence electrons. The van der Waals surface area contributed by atoms with E-state index in [4.69, 9.17) is 0 Å². The molecule has 0 saturated carbocycles. The second-order valence-electron chi connectivity index (χ2n) is 5.24. The molecule has 7 nitrogen and oxygen atoms in total. The Morgan fingerprint density at radius 3 is 2.81 bits per heavy atom. The third-order valence-corrected chi connectivity index (χ3v) is 3.69. The zero-order valence-corrected chi connectivity index (χ0v) is 11.7. The number of nitro groups is 1. The Balaban J connectivity index is 1.91. The standard InChI is InChI=1S/C14H19N3O4/c18-11-2-3-12(13(9-11)17(20)21)16-14(19)4-1-10-5-7-15-8-6-10/h2-3,9-10,15,18H,1,4-8H2,(H,16,19). The topological polar surface area (TPSA) is 104 Å². The molecule has 7 heteroatoms.